The van der Waals surface area contributed by atoms with Gasteiger partial charge in [0.2, 0.25) is 11.8 Å². The Kier molecular flexibility index (Phi) is 5.39. The average molecular weight is 398 g/mol. The number of hydrogen-bond acceptors (Lipinski definition) is 3. The van der Waals surface area contributed by atoms with E-state index in [1.807, 2.05) is 6.07 Å². The molecule has 1 saturated carbocycles. The number of carbonyl (C=O) groups is 2. The Labute approximate surface area is 170 Å². The monoisotopic (exact) mass is 398 g/mol. The zero-order valence-electron chi connectivity index (χ0n) is 16.8. The number of carbonyl (C=O) groups excluding carboxylic acids is 2. The predicted octanol–water partition coefficient (Wildman–Crippen LogP) is 2.00. The lowest BCUT2D eigenvalue weighted by atomic mass is 9.85. The predicted molar refractivity (Wildman–Crippen MR) is 108 cm³/mol. The van der Waals surface area contributed by atoms with Crippen LogP contribution in [0.3, 0.4) is 0 Å². The van der Waals surface area contributed by atoms with Gasteiger partial charge in [0.1, 0.15) is 5.82 Å². The summed E-state index contributed by atoms with van der Waals surface area (Å²) in [7, 11) is 1.67. The number of aryl methyl sites for hydroxylation is 1. The molecule has 6 nitrogen and oxygen atoms in total. The van der Waals surface area contributed by atoms with Gasteiger partial charge in [-0.05, 0) is 48.8 Å². The first-order valence-corrected chi connectivity index (χ1v) is 10.2. The third kappa shape index (κ3) is 3.66. The lowest BCUT2D eigenvalue weighted by Gasteiger charge is -2.18. The van der Waals surface area contributed by atoms with Gasteiger partial charge in [0.15, 0.2) is 5.96 Å². The second-order valence-electron chi connectivity index (χ2n) is 8.12. The van der Waals surface area contributed by atoms with E-state index in [1.54, 1.807) is 20.0 Å². The van der Waals surface area contributed by atoms with Gasteiger partial charge < -0.3 is 10.6 Å². The van der Waals surface area contributed by atoms with Gasteiger partial charge in [0, 0.05) is 26.7 Å². The Morgan fingerprint density at radius 1 is 1.17 bits per heavy atom. The van der Waals surface area contributed by atoms with E-state index in [0.717, 1.165) is 12.0 Å². The molecule has 2 amide bonds. The van der Waals surface area contributed by atoms with Crippen LogP contribution in [-0.2, 0) is 16.1 Å². The summed E-state index contributed by atoms with van der Waals surface area (Å²) in [4.78, 5) is 30.9. The van der Waals surface area contributed by atoms with E-state index in [-0.39, 0.29) is 41.3 Å². The van der Waals surface area contributed by atoms with Crippen LogP contribution >= 0.6 is 0 Å². The van der Waals surface area contributed by atoms with Crippen molar-refractivity contribution in [3.63, 3.8) is 0 Å². The summed E-state index contributed by atoms with van der Waals surface area (Å²) in [6, 6.07) is 5.14. The van der Waals surface area contributed by atoms with Crippen LogP contribution in [0.25, 0.3) is 0 Å². The molecule has 2 fully saturated rings. The highest BCUT2D eigenvalue weighted by atomic mass is 19.1. The number of allylic oxidation sites excluding steroid dienone is 2. The van der Waals surface area contributed by atoms with Gasteiger partial charge in [0.05, 0.1) is 11.8 Å². The van der Waals surface area contributed by atoms with E-state index in [4.69, 9.17) is 0 Å². The molecule has 1 aromatic rings. The summed E-state index contributed by atoms with van der Waals surface area (Å²) >= 11 is 0. The molecule has 0 radical (unpaired) electrons. The van der Waals surface area contributed by atoms with Crippen LogP contribution in [0.15, 0.2) is 35.3 Å². The van der Waals surface area contributed by atoms with Crippen molar-refractivity contribution in [3.8, 4) is 0 Å². The maximum Gasteiger partial charge on any atom is 0.233 e. The zero-order valence-corrected chi connectivity index (χ0v) is 16.8. The van der Waals surface area contributed by atoms with E-state index in [2.05, 4.69) is 27.8 Å². The number of nitrogens with one attached hydrogen (secondary N) is 2. The Balaban J connectivity index is 1.22. The minimum absolute atomic E-state index is 0.000699. The summed E-state index contributed by atoms with van der Waals surface area (Å²) in [6.45, 7) is 3.20. The number of benzene rings is 1. The molecular formula is C22H27FN4O2. The quantitative estimate of drug-likeness (QED) is 0.253. The first-order chi connectivity index (χ1) is 14.0. The molecule has 0 spiro atoms. The maximum atomic E-state index is 13.6. The van der Waals surface area contributed by atoms with Crippen LogP contribution in [0, 0.1) is 36.4 Å². The fraction of sp³-hybridized carbons (Fsp3) is 0.500. The lowest BCUT2D eigenvalue weighted by molar-refractivity contribution is -0.140. The molecule has 1 aromatic carbocycles. The SMILES string of the molecule is CN=C(NCCCN1C(=O)C2C3C=CC(C3)C2C1=O)NCc1ccc(C)c(F)c1. The maximum absolute atomic E-state index is 13.6. The van der Waals surface area contributed by atoms with Crippen molar-refractivity contribution in [1.29, 1.82) is 0 Å². The van der Waals surface area contributed by atoms with Crippen molar-refractivity contribution in [2.75, 3.05) is 20.1 Å². The number of halogens is 1. The van der Waals surface area contributed by atoms with E-state index in [1.165, 1.54) is 11.0 Å². The van der Waals surface area contributed by atoms with Gasteiger partial charge in [-0.25, -0.2) is 4.39 Å². The van der Waals surface area contributed by atoms with Gasteiger partial charge in [-0.3, -0.25) is 19.5 Å². The summed E-state index contributed by atoms with van der Waals surface area (Å²) in [6.07, 6.45) is 5.82. The Bertz CT molecular complexity index is 852. The molecule has 4 unspecified atom stereocenters. The molecule has 2 N–H and O–H groups in total. The van der Waals surface area contributed by atoms with Gasteiger partial charge >= 0.3 is 0 Å². The smallest absolute Gasteiger partial charge is 0.233 e. The third-order valence-corrected chi connectivity index (χ3v) is 6.33. The van der Waals surface area contributed by atoms with Crippen LogP contribution in [-0.4, -0.2) is 42.8 Å². The zero-order chi connectivity index (χ0) is 20.5. The van der Waals surface area contributed by atoms with Gasteiger partial charge in [-0.2, -0.15) is 0 Å². The van der Waals surface area contributed by atoms with E-state index in [0.29, 0.717) is 37.6 Å². The number of nitrogens with zero attached hydrogens (tertiary/aromatic N) is 2. The fourth-order valence-electron chi connectivity index (χ4n) is 4.78. The molecule has 1 saturated heterocycles. The highest BCUT2D eigenvalue weighted by Crippen LogP contribution is 2.52. The Morgan fingerprint density at radius 3 is 2.48 bits per heavy atom. The number of hydrogen-bond donors (Lipinski definition) is 2. The molecule has 1 aliphatic heterocycles. The first kappa shape index (κ1) is 19.6. The third-order valence-electron chi connectivity index (χ3n) is 6.33. The lowest BCUT2D eigenvalue weighted by Crippen LogP contribution is -2.39. The van der Waals surface area contributed by atoms with Crippen molar-refractivity contribution < 1.29 is 14.0 Å². The number of aliphatic imine (C=N–C) groups is 1. The minimum Gasteiger partial charge on any atom is -0.356 e. The van der Waals surface area contributed by atoms with E-state index < -0.39 is 0 Å². The average Bonchev–Trinajstić information content (AvgIpc) is 3.39. The van der Waals surface area contributed by atoms with Gasteiger partial charge in [0.25, 0.3) is 0 Å². The summed E-state index contributed by atoms with van der Waals surface area (Å²) < 4.78 is 13.6. The minimum atomic E-state index is -0.222. The first-order valence-electron chi connectivity index (χ1n) is 10.2. The fourth-order valence-corrected chi connectivity index (χ4v) is 4.78. The molecule has 4 rings (SSSR count). The molecule has 4 atom stereocenters. The molecule has 2 bridgehead atoms. The van der Waals surface area contributed by atoms with Crippen LogP contribution in [0.5, 0.6) is 0 Å². The normalized spacial score (nSPS) is 27.7. The highest BCUT2D eigenvalue weighted by Gasteiger charge is 2.58. The van der Waals surface area contributed by atoms with Crippen LogP contribution < -0.4 is 10.6 Å². The molecule has 0 aromatic heterocycles. The second-order valence-corrected chi connectivity index (χ2v) is 8.12. The standard InChI is InChI=1S/C22H27FN4O2/c1-13-4-5-14(10-17(13)23)12-26-22(24-2)25-8-3-9-27-20(28)18-15-6-7-16(11-15)19(18)21(27)29/h4-7,10,15-16,18-19H,3,8-9,11-12H2,1-2H3,(H2,24,25,26). The molecule has 1 heterocycles. The number of rotatable bonds is 6. The topological polar surface area (TPSA) is 73.8 Å². The summed E-state index contributed by atoms with van der Waals surface area (Å²) in [5, 5.41) is 6.33. The second kappa shape index (κ2) is 7.97. The van der Waals surface area contributed by atoms with E-state index in [9.17, 15) is 14.0 Å². The van der Waals surface area contributed by atoms with Crippen LogP contribution in [0.4, 0.5) is 4.39 Å². The van der Waals surface area contributed by atoms with Gasteiger partial charge in [-0.1, -0.05) is 24.3 Å². The van der Waals surface area contributed by atoms with Crippen LogP contribution in [0.2, 0.25) is 0 Å². The van der Waals surface area contributed by atoms with E-state index >= 15 is 0 Å². The molecule has 29 heavy (non-hydrogen) atoms. The number of imide groups is 1. The highest BCUT2D eigenvalue weighted by molar-refractivity contribution is 6.06. The molecule has 7 heteroatoms. The molecule has 154 valence electrons. The largest absolute Gasteiger partial charge is 0.356 e. The molecule has 3 aliphatic rings. The van der Waals surface area contributed by atoms with Crippen molar-refractivity contribution in [2.24, 2.45) is 28.7 Å². The van der Waals surface area contributed by atoms with Crippen molar-refractivity contribution in [1.82, 2.24) is 15.5 Å². The Hall–Kier alpha value is -2.70. The molecular weight excluding hydrogens is 371 g/mol. The van der Waals surface area contributed by atoms with Crippen molar-refractivity contribution in [2.45, 2.75) is 26.3 Å². The summed E-state index contributed by atoms with van der Waals surface area (Å²) in [5.74, 6) is 0.620. The van der Waals surface area contributed by atoms with Crippen molar-refractivity contribution >= 4 is 17.8 Å². The van der Waals surface area contributed by atoms with Crippen molar-refractivity contribution in [3.05, 3.63) is 47.3 Å². The molecule has 2 aliphatic carbocycles. The summed E-state index contributed by atoms with van der Waals surface area (Å²) in [5.41, 5.74) is 1.45. The number of likely N-dealkylation sites (tertiary alicyclic amines) is 1. The number of fused-ring (bicyclic) bond motifs is 5. The Morgan fingerprint density at radius 2 is 1.86 bits per heavy atom. The number of guanidine groups is 1. The van der Waals surface area contributed by atoms with Crippen LogP contribution in [0.1, 0.15) is 24.0 Å². The number of amides is 2. The van der Waals surface area contributed by atoms with Gasteiger partial charge in [-0.15, -0.1) is 0 Å².